The van der Waals surface area contributed by atoms with E-state index >= 15 is 0 Å². The Labute approximate surface area is 152 Å². The van der Waals surface area contributed by atoms with Gasteiger partial charge in [-0.3, -0.25) is 9.78 Å². The quantitative estimate of drug-likeness (QED) is 0.865. The van der Waals surface area contributed by atoms with Gasteiger partial charge in [-0.15, -0.1) is 0 Å². The molecule has 1 aromatic carbocycles. The van der Waals surface area contributed by atoms with Gasteiger partial charge in [0.15, 0.2) is 0 Å². The third-order valence-corrected chi connectivity index (χ3v) is 5.27. The molecule has 3 atom stereocenters. The maximum Gasteiger partial charge on any atom is 0.225 e. The Hall–Kier alpha value is -2.25. The molecule has 2 N–H and O–H groups in total. The Balaban J connectivity index is 1.38. The lowest BCUT2D eigenvalue weighted by molar-refractivity contribution is -0.142. The summed E-state index contributed by atoms with van der Waals surface area (Å²) in [7, 11) is 0. The van der Waals surface area contributed by atoms with Crippen LogP contribution in [0, 0.1) is 5.92 Å². The molecule has 2 aliphatic rings. The lowest BCUT2D eigenvalue weighted by Gasteiger charge is -2.36. The Morgan fingerprint density at radius 1 is 1.19 bits per heavy atom. The van der Waals surface area contributed by atoms with Crippen LogP contribution < -0.4 is 5.32 Å². The van der Waals surface area contributed by atoms with Gasteiger partial charge in [0.2, 0.25) is 5.91 Å². The Kier molecular flexibility index (Phi) is 4.99. The van der Waals surface area contributed by atoms with Gasteiger partial charge in [0.1, 0.15) is 5.82 Å². The van der Waals surface area contributed by atoms with Crippen LogP contribution in [0.1, 0.15) is 19.3 Å². The van der Waals surface area contributed by atoms with Crippen molar-refractivity contribution in [2.45, 2.75) is 31.4 Å². The van der Waals surface area contributed by atoms with E-state index in [2.05, 4.69) is 15.3 Å². The first kappa shape index (κ1) is 17.2. The number of hydrogen-bond acceptors (Lipinski definition) is 6. The maximum absolute atomic E-state index is 12.6. The smallest absolute Gasteiger partial charge is 0.225 e. The number of amides is 1. The molecule has 0 spiro atoms. The van der Waals surface area contributed by atoms with Gasteiger partial charge in [0.05, 0.1) is 42.6 Å². The zero-order valence-electron chi connectivity index (χ0n) is 14.7. The predicted molar refractivity (Wildman–Crippen MR) is 97.7 cm³/mol. The number of anilines is 1. The first-order chi connectivity index (χ1) is 12.7. The number of nitrogens with one attached hydrogen (secondary N) is 1. The number of carbonyl (C=O) groups excluding carboxylic acids is 1. The molecule has 7 heteroatoms. The van der Waals surface area contributed by atoms with Crippen LogP contribution in [0.3, 0.4) is 0 Å². The molecular weight excluding hydrogens is 332 g/mol. The fourth-order valence-corrected chi connectivity index (χ4v) is 3.80. The summed E-state index contributed by atoms with van der Waals surface area (Å²) in [6.07, 6.45) is 3.10. The summed E-state index contributed by atoms with van der Waals surface area (Å²) in [6.45, 7) is 2.51. The predicted octanol–water partition coefficient (Wildman–Crippen LogP) is 1.43. The molecule has 4 rings (SSSR count). The number of morpholine rings is 1. The summed E-state index contributed by atoms with van der Waals surface area (Å²) >= 11 is 0. The Morgan fingerprint density at radius 3 is 2.73 bits per heavy atom. The van der Waals surface area contributed by atoms with Crippen LogP contribution in [0.4, 0.5) is 5.82 Å². The number of nitrogens with zero attached hydrogens (tertiary/aromatic N) is 3. The van der Waals surface area contributed by atoms with E-state index in [1.807, 2.05) is 29.2 Å². The first-order valence-electron chi connectivity index (χ1n) is 9.23. The highest BCUT2D eigenvalue weighted by Gasteiger charge is 2.35. The van der Waals surface area contributed by atoms with Crippen molar-refractivity contribution < 1.29 is 14.6 Å². The zero-order chi connectivity index (χ0) is 17.9. The second-order valence-corrected chi connectivity index (χ2v) is 7.01. The standard InChI is InChI=1S/C19H24N4O3/c24-17-11-13(19(25)23-7-9-26-10-8-23)5-6-16(17)22-18-12-20-14-3-1-2-4-15(14)21-18/h1-4,12-13,16-17,24H,5-11H2,(H,21,22)/t13-,16-,17-/m0/s1. The number of rotatable bonds is 3. The number of aliphatic hydroxyl groups is 1. The largest absolute Gasteiger partial charge is 0.391 e. The number of para-hydroxylation sites is 2. The number of aliphatic hydroxyl groups excluding tert-OH is 1. The molecule has 0 unspecified atom stereocenters. The Bertz CT molecular complexity index is 778. The molecule has 26 heavy (non-hydrogen) atoms. The topological polar surface area (TPSA) is 87.6 Å². The van der Waals surface area contributed by atoms with Gasteiger partial charge in [-0.05, 0) is 31.4 Å². The summed E-state index contributed by atoms with van der Waals surface area (Å²) in [6, 6.07) is 7.59. The fourth-order valence-electron chi connectivity index (χ4n) is 3.80. The summed E-state index contributed by atoms with van der Waals surface area (Å²) in [5.74, 6) is 0.700. The third kappa shape index (κ3) is 3.64. The molecule has 7 nitrogen and oxygen atoms in total. The minimum absolute atomic E-state index is 0.108. The highest BCUT2D eigenvalue weighted by molar-refractivity contribution is 5.79. The van der Waals surface area contributed by atoms with E-state index in [0.717, 1.165) is 23.9 Å². The van der Waals surface area contributed by atoms with Gasteiger partial charge in [-0.1, -0.05) is 12.1 Å². The molecule has 1 aliphatic carbocycles. The number of ether oxygens (including phenoxy) is 1. The molecule has 1 aromatic heterocycles. The van der Waals surface area contributed by atoms with Crippen molar-refractivity contribution in [3.8, 4) is 0 Å². The average molecular weight is 356 g/mol. The molecule has 2 heterocycles. The van der Waals surface area contributed by atoms with Gasteiger partial charge >= 0.3 is 0 Å². The highest BCUT2D eigenvalue weighted by atomic mass is 16.5. The molecule has 2 fully saturated rings. The Morgan fingerprint density at radius 2 is 1.96 bits per heavy atom. The number of fused-ring (bicyclic) bond motifs is 1. The van der Waals surface area contributed by atoms with E-state index in [1.54, 1.807) is 6.20 Å². The molecular formula is C19H24N4O3. The van der Waals surface area contributed by atoms with E-state index in [4.69, 9.17) is 4.74 Å². The van der Waals surface area contributed by atoms with Crippen molar-refractivity contribution in [3.63, 3.8) is 0 Å². The molecule has 0 radical (unpaired) electrons. The molecule has 1 aliphatic heterocycles. The minimum Gasteiger partial charge on any atom is -0.391 e. The van der Waals surface area contributed by atoms with Crippen LogP contribution in [0.15, 0.2) is 30.5 Å². The summed E-state index contributed by atoms with van der Waals surface area (Å²) in [5, 5.41) is 13.8. The van der Waals surface area contributed by atoms with Crippen molar-refractivity contribution >= 4 is 22.8 Å². The number of benzene rings is 1. The van der Waals surface area contributed by atoms with E-state index in [1.165, 1.54) is 0 Å². The summed E-state index contributed by atoms with van der Waals surface area (Å²) in [4.78, 5) is 23.4. The lowest BCUT2D eigenvalue weighted by atomic mass is 9.83. The van der Waals surface area contributed by atoms with Crippen molar-refractivity contribution in [2.24, 2.45) is 5.92 Å². The van der Waals surface area contributed by atoms with Crippen LogP contribution in [0.2, 0.25) is 0 Å². The normalized spacial score (nSPS) is 26.7. The van der Waals surface area contributed by atoms with Crippen LogP contribution in [0.25, 0.3) is 11.0 Å². The van der Waals surface area contributed by atoms with Crippen molar-refractivity contribution in [3.05, 3.63) is 30.5 Å². The van der Waals surface area contributed by atoms with Crippen molar-refractivity contribution in [1.82, 2.24) is 14.9 Å². The van der Waals surface area contributed by atoms with Gasteiger partial charge in [-0.25, -0.2) is 4.98 Å². The molecule has 1 amide bonds. The third-order valence-electron chi connectivity index (χ3n) is 5.27. The number of carbonyl (C=O) groups is 1. The molecule has 138 valence electrons. The van der Waals surface area contributed by atoms with E-state index in [-0.39, 0.29) is 17.9 Å². The van der Waals surface area contributed by atoms with Crippen LogP contribution in [-0.2, 0) is 9.53 Å². The van der Waals surface area contributed by atoms with Gasteiger partial charge in [0, 0.05) is 19.0 Å². The highest BCUT2D eigenvalue weighted by Crippen LogP contribution is 2.28. The molecule has 2 aromatic rings. The van der Waals surface area contributed by atoms with Gasteiger partial charge in [-0.2, -0.15) is 0 Å². The minimum atomic E-state index is -0.577. The van der Waals surface area contributed by atoms with Crippen LogP contribution >= 0.6 is 0 Å². The number of hydrogen-bond donors (Lipinski definition) is 2. The summed E-state index contributed by atoms with van der Waals surface area (Å²) in [5.41, 5.74) is 1.67. The van der Waals surface area contributed by atoms with Crippen molar-refractivity contribution in [1.29, 1.82) is 0 Å². The monoisotopic (exact) mass is 356 g/mol. The first-order valence-corrected chi connectivity index (χ1v) is 9.23. The second-order valence-electron chi connectivity index (χ2n) is 7.01. The van der Waals surface area contributed by atoms with E-state index in [9.17, 15) is 9.90 Å². The van der Waals surface area contributed by atoms with Gasteiger partial charge in [0.25, 0.3) is 0 Å². The van der Waals surface area contributed by atoms with Crippen LogP contribution in [-0.4, -0.2) is 64.3 Å². The zero-order valence-corrected chi connectivity index (χ0v) is 14.7. The number of aromatic nitrogens is 2. The molecule has 1 saturated heterocycles. The van der Waals surface area contributed by atoms with E-state index < -0.39 is 6.10 Å². The molecule has 0 bridgehead atoms. The average Bonchev–Trinajstić information content (AvgIpc) is 2.69. The second kappa shape index (κ2) is 7.55. The lowest BCUT2D eigenvalue weighted by Crippen LogP contribution is -2.48. The summed E-state index contributed by atoms with van der Waals surface area (Å²) < 4.78 is 5.31. The molecule has 1 saturated carbocycles. The maximum atomic E-state index is 12.6. The van der Waals surface area contributed by atoms with Crippen LogP contribution in [0.5, 0.6) is 0 Å². The van der Waals surface area contributed by atoms with Gasteiger partial charge < -0.3 is 20.1 Å². The van der Waals surface area contributed by atoms with Crippen molar-refractivity contribution in [2.75, 3.05) is 31.6 Å². The van der Waals surface area contributed by atoms with E-state index in [0.29, 0.717) is 38.5 Å². The SMILES string of the molecule is O=C([C@H]1CC[C@H](Nc2cnc3ccccc3n2)[C@@H](O)C1)N1CCOCC1. The fraction of sp³-hybridized carbons (Fsp3) is 0.526.